The summed E-state index contributed by atoms with van der Waals surface area (Å²) in [7, 11) is -3.86. The quantitative estimate of drug-likeness (QED) is 0.506. The van der Waals surface area contributed by atoms with Crippen LogP contribution in [0.1, 0.15) is 27.3 Å². The Balaban J connectivity index is 1.65. The fourth-order valence-electron chi connectivity index (χ4n) is 2.79. The molecule has 0 atom stereocenters. The van der Waals surface area contributed by atoms with E-state index >= 15 is 0 Å². The summed E-state index contributed by atoms with van der Waals surface area (Å²) in [6.45, 7) is 5.41. The van der Waals surface area contributed by atoms with Gasteiger partial charge in [0.05, 0.1) is 4.90 Å². The molecule has 8 nitrogen and oxygen atoms in total. The van der Waals surface area contributed by atoms with Crippen LogP contribution < -0.4 is 15.4 Å². The molecule has 3 N–H and O–H groups in total. The van der Waals surface area contributed by atoms with E-state index in [-0.39, 0.29) is 21.9 Å². The Morgan fingerprint density at radius 1 is 0.935 bits per heavy atom. The molecule has 0 aliphatic carbocycles. The summed E-state index contributed by atoms with van der Waals surface area (Å²) in [5.41, 5.74) is 3.29. The number of carbonyl (C=O) groups is 1. The van der Waals surface area contributed by atoms with E-state index in [9.17, 15) is 13.2 Å². The van der Waals surface area contributed by atoms with Gasteiger partial charge in [0.1, 0.15) is 0 Å². The van der Waals surface area contributed by atoms with Crippen molar-refractivity contribution in [2.24, 2.45) is 0 Å². The molecular weight excluding hydrogens is 434 g/mol. The number of nitrogens with zero attached hydrogens (tertiary/aromatic N) is 2. The second-order valence-electron chi connectivity index (χ2n) is 6.88. The van der Waals surface area contributed by atoms with Gasteiger partial charge in [-0.05, 0) is 75.5 Å². The lowest BCUT2D eigenvalue weighted by Gasteiger charge is -2.11. The predicted molar refractivity (Wildman–Crippen MR) is 124 cm³/mol. The maximum Gasteiger partial charge on any atom is 0.264 e. The molecule has 0 spiro atoms. The monoisotopic (exact) mass is 455 g/mol. The van der Waals surface area contributed by atoms with E-state index in [1.54, 1.807) is 50.2 Å². The van der Waals surface area contributed by atoms with Crippen molar-refractivity contribution in [2.45, 2.75) is 25.7 Å². The van der Waals surface area contributed by atoms with E-state index in [4.69, 9.17) is 12.2 Å². The molecule has 0 unspecified atom stereocenters. The number of hydrogen-bond acceptors (Lipinski definition) is 6. The summed E-state index contributed by atoms with van der Waals surface area (Å²) in [6.07, 6.45) is 0. The van der Waals surface area contributed by atoms with Crippen molar-refractivity contribution in [1.29, 1.82) is 0 Å². The van der Waals surface area contributed by atoms with Crippen LogP contribution in [-0.2, 0) is 10.0 Å². The Hall–Kier alpha value is -3.37. The van der Waals surface area contributed by atoms with E-state index < -0.39 is 10.0 Å². The molecule has 0 saturated heterocycles. The molecule has 0 aliphatic heterocycles. The van der Waals surface area contributed by atoms with Crippen LogP contribution in [0.25, 0.3) is 0 Å². The van der Waals surface area contributed by atoms with Gasteiger partial charge in [-0.1, -0.05) is 17.7 Å². The number of aryl methyl sites for hydroxylation is 3. The Morgan fingerprint density at radius 3 is 2.19 bits per heavy atom. The van der Waals surface area contributed by atoms with Crippen LogP contribution in [0, 0.1) is 20.8 Å². The van der Waals surface area contributed by atoms with Crippen molar-refractivity contribution in [3.05, 3.63) is 77.1 Å². The molecule has 1 aromatic heterocycles. The van der Waals surface area contributed by atoms with Crippen LogP contribution in [0.2, 0.25) is 0 Å². The number of nitrogens with one attached hydrogen (secondary N) is 3. The minimum atomic E-state index is -3.86. The third kappa shape index (κ3) is 6.06. The highest BCUT2D eigenvalue weighted by Crippen LogP contribution is 2.17. The van der Waals surface area contributed by atoms with Crippen molar-refractivity contribution < 1.29 is 13.2 Å². The largest absolute Gasteiger partial charge is 0.332 e. The van der Waals surface area contributed by atoms with Gasteiger partial charge in [-0.2, -0.15) is 0 Å². The molecule has 160 valence electrons. The van der Waals surface area contributed by atoms with Gasteiger partial charge < -0.3 is 5.32 Å². The normalized spacial score (nSPS) is 10.9. The number of rotatable bonds is 5. The average Bonchev–Trinajstić information content (AvgIpc) is 2.67. The van der Waals surface area contributed by atoms with Crippen molar-refractivity contribution in [3.8, 4) is 0 Å². The van der Waals surface area contributed by atoms with E-state index in [1.165, 1.54) is 12.1 Å². The fraction of sp³-hybridized carbons (Fsp3) is 0.143. The number of amides is 1. The van der Waals surface area contributed by atoms with Crippen LogP contribution in [0.5, 0.6) is 0 Å². The minimum absolute atomic E-state index is 0.0136. The number of hydrogen-bond donors (Lipinski definition) is 3. The van der Waals surface area contributed by atoms with Gasteiger partial charge in [-0.15, -0.1) is 0 Å². The maximum absolute atomic E-state index is 12.6. The van der Waals surface area contributed by atoms with Crippen molar-refractivity contribution in [3.63, 3.8) is 0 Å². The molecule has 0 aliphatic rings. The molecule has 0 bridgehead atoms. The van der Waals surface area contributed by atoms with Crippen LogP contribution in [0.15, 0.2) is 59.5 Å². The van der Waals surface area contributed by atoms with Gasteiger partial charge in [0.25, 0.3) is 15.9 Å². The minimum Gasteiger partial charge on any atom is -0.332 e. The van der Waals surface area contributed by atoms with Crippen molar-refractivity contribution in [2.75, 3.05) is 10.0 Å². The highest BCUT2D eigenvalue weighted by molar-refractivity contribution is 7.92. The van der Waals surface area contributed by atoms with Gasteiger partial charge in [0, 0.05) is 22.6 Å². The number of thiocarbonyl (C=S) groups is 1. The van der Waals surface area contributed by atoms with Gasteiger partial charge in [-0.3, -0.25) is 10.1 Å². The van der Waals surface area contributed by atoms with E-state index in [0.29, 0.717) is 22.6 Å². The molecule has 1 heterocycles. The Morgan fingerprint density at radius 2 is 1.58 bits per heavy atom. The fourth-order valence-corrected chi connectivity index (χ4v) is 3.95. The molecule has 0 fully saturated rings. The molecule has 10 heteroatoms. The van der Waals surface area contributed by atoms with Crippen LogP contribution in [-0.4, -0.2) is 29.4 Å². The first-order valence-electron chi connectivity index (χ1n) is 9.26. The summed E-state index contributed by atoms with van der Waals surface area (Å²) >= 11 is 5.17. The Bertz CT molecular complexity index is 1220. The summed E-state index contributed by atoms with van der Waals surface area (Å²) in [4.78, 5) is 20.5. The average molecular weight is 456 g/mol. The molecular formula is C21H21N5O3S2. The van der Waals surface area contributed by atoms with Crippen molar-refractivity contribution >= 4 is 44.9 Å². The van der Waals surface area contributed by atoms with E-state index in [0.717, 1.165) is 5.56 Å². The number of anilines is 2. The van der Waals surface area contributed by atoms with Gasteiger partial charge in [0.15, 0.2) is 5.11 Å². The van der Waals surface area contributed by atoms with E-state index in [1.807, 2.05) is 13.0 Å². The first kappa shape index (κ1) is 22.3. The molecule has 0 radical (unpaired) electrons. The lowest BCUT2D eigenvalue weighted by atomic mass is 10.1. The number of sulfonamides is 1. The van der Waals surface area contributed by atoms with E-state index in [2.05, 4.69) is 25.3 Å². The summed E-state index contributed by atoms with van der Waals surface area (Å²) in [5.74, 6) is -0.321. The highest BCUT2D eigenvalue weighted by Gasteiger charge is 2.16. The Labute approximate surface area is 186 Å². The SMILES string of the molecule is Cc1cccc(C(=O)NC(=S)Nc2ccc(S(=O)(=O)Nc3nc(C)cc(C)n3)cc2)c1. The number of carbonyl (C=O) groups excluding carboxylic acids is 1. The zero-order valence-corrected chi connectivity index (χ0v) is 18.8. The second-order valence-corrected chi connectivity index (χ2v) is 8.97. The molecule has 0 saturated carbocycles. The first-order chi connectivity index (χ1) is 14.6. The third-order valence-electron chi connectivity index (χ3n) is 4.14. The lowest BCUT2D eigenvalue weighted by molar-refractivity contribution is 0.0977. The summed E-state index contributed by atoms with van der Waals surface area (Å²) in [6, 6.07) is 14.8. The zero-order valence-electron chi connectivity index (χ0n) is 17.1. The maximum atomic E-state index is 12.6. The summed E-state index contributed by atoms with van der Waals surface area (Å²) < 4.78 is 27.6. The second kappa shape index (κ2) is 9.19. The highest BCUT2D eigenvalue weighted by atomic mass is 32.2. The van der Waals surface area contributed by atoms with Gasteiger partial charge >= 0.3 is 0 Å². The van der Waals surface area contributed by atoms with Gasteiger partial charge in [0.2, 0.25) is 5.95 Å². The van der Waals surface area contributed by atoms with Crippen molar-refractivity contribution in [1.82, 2.24) is 15.3 Å². The van der Waals surface area contributed by atoms with Crippen LogP contribution in [0.4, 0.5) is 11.6 Å². The van der Waals surface area contributed by atoms with Gasteiger partial charge in [-0.25, -0.2) is 23.1 Å². The third-order valence-corrected chi connectivity index (χ3v) is 5.69. The van der Waals surface area contributed by atoms with Crippen LogP contribution >= 0.6 is 12.2 Å². The topological polar surface area (TPSA) is 113 Å². The molecule has 1 amide bonds. The smallest absolute Gasteiger partial charge is 0.264 e. The zero-order chi connectivity index (χ0) is 22.6. The molecule has 3 rings (SSSR count). The molecule has 31 heavy (non-hydrogen) atoms. The van der Waals surface area contributed by atoms with Crippen LogP contribution in [0.3, 0.4) is 0 Å². The molecule has 3 aromatic rings. The lowest BCUT2D eigenvalue weighted by Crippen LogP contribution is -2.34. The summed E-state index contributed by atoms with van der Waals surface area (Å²) in [5, 5.41) is 5.56. The number of aromatic nitrogens is 2. The standard InChI is InChI=1S/C21H21N5O3S2/c1-13-5-4-6-16(11-13)19(27)25-21(30)24-17-7-9-18(10-8-17)31(28,29)26-20-22-14(2)12-15(3)23-20/h4-12H,1-3H3,(H,22,23,26)(H2,24,25,27,30). The Kier molecular flexibility index (Phi) is 6.62. The predicted octanol–water partition coefficient (Wildman–Crippen LogP) is 3.33. The number of benzene rings is 2. The molecule has 2 aromatic carbocycles. The first-order valence-corrected chi connectivity index (χ1v) is 11.2.